The third-order valence-electron chi connectivity index (χ3n) is 3.24. The summed E-state index contributed by atoms with van der Waals surface area (Å²) in [7, 11) is -3.23. The standard InChI is InChI=1S/C10H19N3O3S/c14-10-3-6-13(7-5-12-10)17(15,16)8-9-2-1-4-11-9/h9,11H,1-8H2,(H,12,14). The molecule has 0 spiro atoms. The van der Waals surface area contributed by atoms with Crippen LogP contribution >= 0.6 is 0 Å². The van der Waals surface area contributed by atoms with Crippen molar-refractivity contribution >= 4 is 15.9 Å². The largest absolute Gasteiger partial charge is 0.355 e. The van der Waals surface area contributed by atoms with Crippen molar-refractivity contribution in [2.45, 2.75) is 25.3 Å². The molecule has 2 heterocycles. The zero-order valence-corrected chi connectivity index (χ0v) is 10.6. The van der Waals surface area contributed by atoms with Crippen LogP contribution in [0, 0.1) is 0 Å². The van der Waals surface area contributed by atoms with Gasteiger partial charge in [0.1, 0.15) is 0 Å². The average molecular weight is 261 g/mol. The lowest BCUT2D eigenvalue weighted by atomic mass is 10.3. The monoisotopic (exact) mass is 261 g/mol. The van der Waals surface area contributed by atoms with Crippen LogP contribution in [0.4, 0.5) is 0 Å². The van der Waals surface area contributed by atoms with Gasteiger partial charge in [0.05, 0.1) is 5.75 Å². The van der Waals surface area contributed by atoms with Crippen LogP contribution in [-0.2, 0) is 14.8 Å². The Morgan fingerprint density at radius 2 is 2.12 bits per heavy atom. The fourth-order valence-corrected chi connectivity index (χ4v) is 4.03. The number of hydrogen-bond acceptors (Lipinski definition) is 4. The Kier molecular flexibility index (Phi) is 4.01. The average Bonchev–Trinajstić information content (AvgIpc) is 2.64. The highest BCUT2D eigenvalue weighted by molar-refractivity contribution is 7.89. The summed E-state index contributed by atoms with van der Waals surface area (Å²) < 4.78 is 25.7. The Balaban J connectivity index is 1.96. The molecule has 0 aromatic heterocycles. The molecule has 2 aliphatic rings. The molecule has 2 fully saturated rings. The number of carbonyl (C=O) groups is 1. The summed E-state index contributed by atoms with van der Waals surface area (Å²) in [6.07, 6.45) is 2.22. The minimum Gasteiger partial charge on any atom is -0.355 e. The van der Waals surface area contributed by atoms with Crippen molar-refractivity contribution in [2.24, 2.45) is 0 Å². The number of sulfonamides is 1. The van der Waals surface area contributed by atoms with Crippen LogP contribution in [0.3, 0.4) is 0 Å². The number of carbonyl (C=O) groups excluding carboxylic acids is 1. The molecule has 0 bridgehead atoms. The van der Waals surface area contributed by atoms with E-state index < -0.39 is 10.0 Å². The fraction of sp³-hybridized carbons (Fsp3) is 0.900. The maximum Gasteiger partial charge on any atom is 0.221 e. The van der Waals surface area contributed by atoms with Crippen LogP contribution in [0.15, 0.2) is 0 Å². The maximum absolute atomic E-state index is 12.1. The molecule has 0 radical (unpaired) electrons. The van der Waals surface area contributed by atoms with Crippen molar-refractivity contribution < 1.29 is 13.2 Å². The molecule has 17 heavy (non-hydrogen) atoms. The highest BCUT2D eigenvalue weighted by Gasteiger charge is 2.29. The van der Waals surface area contributed by atoms with E-state index in [1.807, 2.05) is 0 Å². The Hall–Kier alpha value is -0.660. The first-order valence-electron chi connectivity index (χ1n) is 6.06. The predicted octanol–water partition coefficient (Wildman–Crippen LogP) is -1.11. The van der Waals surface area contributed by atoms with Crippen LogP contribution in [0.1, 0.15) is 19.3 Å². The normalized spacial score (nSPS) is 27.8. The van der Waals surface area contributed by atoms with Crippen LogP contribution < -0.4 is 10.6 Å². The van der Waals surface area contributed by atoms with Gasteiger partial charge < -0.3 is 10.6 Å². The topological polar surface area (TPSA) is 78.5 Å². The minimum atomic E-state index is -3.23. The summed E-state index contributed by atoms with van der Waals surface area (Å²) in [6, 6.07) is 0.0758. The molecule has 2 aliphatic heterocycles. The first-order valence-corrected chi connectivity index (χ1v) is 7.67. The Labute approximate surface area is 102 Å². The molecule has 98 valence electrons. The van der Waals surface area contributed by atoms with Crippen molar-refractivity contribution in [1.29, 1.82) is 0 Å². The Morgan fingerprint density at radius 3 is 2.82 bits per heavy atom. The van der Waals surface area contributed by atoms with Crippen LogP contribution in [0.2, 0.25) is 0 Å². The Morgan fingerprint density at radius 1 is 1.29 bits per heavy atom. The fourth-order valence-electron chi connectivity index (χ4n) is 2.28. The van der Waals surface area contributed by atoms with E-state index in [0.29, 0.717) is 19.6 Å². The molecular weight excluding hydrogens is 242 g/mol. The number of rotatable bonds is 3. The minimum absolute atomic E-state index is 0.0679. The molecular formula is C10H19N3O3S. The second-order valence-electron chi connectivity index (χ2n) is 4.57. The zero-order valence-electron chi connectivity index (χ0n) is 9.81. The molecule has 0 aliphatic carbocycles. The van der Waals surface area contributed by atoms with E-state index in [-0.39, 0.29) is 24.1 Å². The lowest BCUT2D eigenvalue weighted by molar-refractivity contribution is -0.120. The van der Waals surface area contributed by atoms with Gasteiger partial charge >= 0.3 is 0 Å². The van der Waals surface area contributed by atoms with E-state index >= 15 is 0 Å². The highest BCUT2D eigenvalue weighted by atomic mass is 32.2. The number of nitrogens with zero attached hydrogens (tertiary/aromatic N) is 1. The molecule has 2 rings (SSSR count). The summed E-state index contributed by atoms with van der Waals surface area (Å²) in [5.41, 5.74) is 0. The van der Waals surface area contributed by atoms with Crippen LogP contribution in [0.25, 0.3) is 0 Å². The molecule has 0 saturated carbocycles. The van der Waals surface area contributed by atoms with Crippen molar-refractivity contribution in [2.75, 3.05) is 31.9 Å². The summed E-state index contributed by atoms with van der Waals surface area (Å²) in [4.78, 5) is 11.2. The van der Waals surface area contributed by atoms with Gasteiger partial charge in [-0.15, -0.1) is 0 Å². The number of nitrogens with one attached hydrogen (secondary N) is 2. The van der Waals surface area contributed by atoms with E-state index in [1.54, 1.807) is 0 Å². The van der Waals surface area contributed by atoms with E-state index in [0.717, 1.165) is 19.4 Å². The van der Waals surface area contributed by atoms with Gasteiger partial charge in [-0.1, -0.05) is 0 Å². The third-order valence-corrected chi connectivity index (χ3v) is 5.21. The van der Waals surface area contributed by atoms with Gasteiger partial charge in [0.15, 0.2) is 0 Å². The van der Waals surface area contributed by atoms with Crippen LogP contribution in [0.5, 0.6) is 0 Å². The second-order valence-corrected chi connectivity index (χ2v) is 6.58. The van der Waals surface area contributed by atoms with E-state index in [1.165, 1.54) is 4.31 Å². The van der Waals surface area contributed by atoms with Gasteiger partial charge in [0.25, 0.3) is 0 Å². The first kappa shape index (κ1) is 12.8. The molecule has 1 atom stereocenters. The highest BCUT2D eigenvalue weighted by Crippen LogP contribution is 2.12. The number of hydrogen-bond donors (Lipinski definition) is 2. The molecule has 0 aromatic carbocycles. The lowest BCUT2D eigenvalue weighted by Gasteiger charge is -2.21. The van der Waals surface area contributed by atoms with Gasteiger partial charge in [-0.2, -0.15) is 4.31 Å². The lowest BCUT2D eigenvalue weighted by Crippen LogP contribution is -2.41. The van der Waals surface area contributed by atoms with Gasteiger partial charge in [-0.25, -0.2) is 8.42 Å². The predicted molar refractivity (Wildman–Crippen MR) is 64.0 cm³/mol. The van der Waals surface area contributed by atoms with Crippen LogP contribution in [-0.4, -0.2) is 56.6 Å². The SMILES string of the molecule is O=C1CCN(S(=O)(=O)CC2CCCN2)CCN1. The van der Waals surface area contributed by atoms with Gasteiger partial charge in [-0.3, -0.25) is 4.79 Å². The molecule has 7 heteroatoms. The molecule has 6 nitrogen and oxygen atoms in total. The van der Waals surface area contributed by atoms with Gasteiger partial charge in [0, 0.05) is 32.1 Å². The maximum atomic E-state index is 12.1. The summed E-state index contributed by atoms with van der Waals surface area (Å²) >= 11 is 0. The molecule has 1 amide bonds. The molecule has 0 aromatic rings. The number of amides is 1. The summed E-state index contributed by atoms with van der Waals surface area (Å²) in [6.45, 7) is 2.01. The summed E-state index contributed by atoms with van der Waals surface area (Å²) in [5.74, 6) is 0.0861. The van der Waals surface area contributed by atoms with Crippen molar-refractivity contribution in [3.8, 4) is 0 Å². The smallest absolute Gasteiger partial charge is 0.221 e. The third kappa shape index (κ3) is 3.40. The molecule has 2 N–H and O–H groups in total. The van der Waals surface area contributed by atoms with Gasteiger partial charge in [0.2, 0.25) is 15.9 Å². The zero-order chi connectivity index (χ0) is 12.3. The Bertz CT molecular complexity index is 376. The van der Waals surface area contributed by atoms with Crippen molar-refractivity contribution in [1.82, 2.24) is 14.9 Å². The quantitative estimate of drug-likeness (QED) is 0.675. The first-order chi connectivity index (χ1) is 8.08. The van der Waals surface area contributed by atoms with Gasteiger partial charge in [-0.05, 0) is 19.4 Å². The second kappa shape index (κ2) is 5.32. The molecule has 1 unspecified atom stereocenters. The van der Waals surface area contributed by atoms with E-state index in [9.17, 15) is 13.2 Å². The van der Waals surface area contributed by atoms with E-state index in [4.69, 9.17) is 0 Å². The molecule has 2 saturated heterocycles. The van der Waals surface area contributed by atoms with Crippen molar-refractivity contribution in [3.05, 3.63) is 0 Å². The van der Waals surface area contributed by atoms with Crippen molar-refractivity contribution in [3.63, 3.8) is 0 Å². The van der Waals surface area contributed by atoms with E-state index in [2.05, 4.69) is 10.6 Å². The summed E-state index contributed by atoms with van der Waals surface area (Å²) in [5, 5.41) is 5.87.